The Bertz CT molecular complexity index is 1300. The summed E-state index contributed by atoms with van der Waals surface area (Å²) in [6.45, 7) is 3.15. The number of piperidine rings is 1. The molecule has 11 heteroatoms. The zero-order chi connectivity index (χ0) is 23.8. The number of benzene rings is 1. The number of aromatic nitrogens is 4. The van der Waals surface area contributed by atoms with Crippen LogP contribution in [0.5, 0.6) is 0 Å². The molecule has 1 amide bonds. The van der Waals surface area contributed by atoms with Crippen LogP contribution in [0.25, 0.3) is 16.7 Å². The van der Waals surface area contributed by atoms with Gasteiger partial charge in [0, 0.05) is 25.3 Å². The van der Waals surface area contributed by atoms with Gasteiger partial charge in [-0.25, -0.2) is 14.1 Å². The number of hydrogen-bond acceptors (Lipinski definition) is 7. The van der Waals surface area contributed by atoms with Gasteiger partial charge in [0.25, 0.3) is 5.56 Å². The maximum absolute atomic E-state index is 13.3. The largest absolute Gasteiger partial charge is 0.466 e. The third-order valence-electron chi connectivity index (χ3n) is 6.32. The van der Waals surface area contributed by atoms with E-state index in [2.05, 4.69) is 10.1 Å². The van der Waals surface area contributed by atoms with Gasteiger partial charge in [-0.2, -0.15) is 5.10 Å². The summed E-state index contributed by atoms with van der Waals surface area (Å²) in [6, 6.07) is 5.51. The standard InChI is InChI=1S/C23H24FN5O4S/c1-2-33-22(32)14-7-9-27(10-8-14)19(30)11-17-13-34-23-26-20-18(21(31)28(17)23)12-25-29(20)16-5-3-15(24)4-6-16/h3-6,12,14,17H,2,7-11,13H2,1H3. The van der Waals surface area contributed by atoms with E-state index in [1.54, 1.807) is 28.5 Å². The van der Waals surface area contributed by atoms with Crippen molar-refractivity contribution in [2.45, 2.75) is 37.4 Å². The van der Waals surface area contributed by atoms with Gasteiger partial charge in [0.2, 0.25) is 5.91 Å². The van der Waals surface area contributed by atoms with Gasteiger partial charge in [-0.1, -0.05) is 11.8 Å². The summed E-state index contributed by atoms with van der Waals surface area (Å²) >= 11 is 1.43. The molecule has 3 aromatic rings. The quantitative estimate of drug-likeness (QED) is 0.405. The Balaban J connectivity index is 1.33. The average Bonchev–Trinajstić information content (AvgIpc) is 3.45. The molecular formula is C23H24FN5O4S. The predicted octanol–water partition coefficient (Wildman–Crippen LogP) is 2.56. The fraction of sp³-hybridized carbons (Fsp3) is 0.435. The molecule has 2 aliphatic heterocycles. The summed E-state index contributed by atoms with van der Waals surface area (Å²) in [4.78, 5) is 44.6. The van der Waals surface area contributed by atoms with E-state index in [4.69, 9.17) is 4.74 Å². The third-order valence-corrected chi connectivity index (χ3v) is 7.42. The molecule has 5 rings (SSSR count). The first-order chi connectivity index (χ1) is 16.5. The number of fused-ring (bicyclic) bond motifs is 2. The normalized spacial score (nSPS) is 18.3. The van der Waals surface area contributed by atoms with Gasteiger partial charge < -0.3 is 9.64 Å². The van der Waals surface area contributed by atoms with Gasteiger partial charge in [-0.3, -0.25) is 19.0 Å². The molecule has 1 fully saturated rings. The van der Waals surface area contributed by atoms with Crippen molar-refractivity contribution in [3.8, 4) is 5.69 Å². The van der Waals surface area contributed by atoms with Crippen LogP contribution < -0.4 is 5.56 Å². The summed E-state index contributed by atoms with van der Waals surface area (Å²) in [6.07, 6.45) is 2.84. The van der Waals surface area contributed by atoms with Crippen LogP contribution in [-0.4, -0.2) is 61.6 Å². The molecule has 0 radical (unpaired) electrons. The van der Waals surface area contributed by atoms with Gasteiger partial charge in [0.1, 0.15) is 11.2 Å². The molecule has 2 aromatic heterocycles. The Hall–Kier alpha value is -3.21. The lowest BCUT2D eigenvalue weighted by atomic mass is 9.96. The Morgan fingerprint density at radius 2 is 1.94 bits per heavy atom. The first-order valence-electron chi connectivity index (χ1n) is 11.3. The Kier molecular flexibility index (Phi) is 6.11. The molecule has 9 nitrogen and oxygen atoms in total. The average molecular weight is 486 g/mol. The first-order valence-corrected chi connectivity index (χ1v) is 12.3. The molecule has 178 valence electrons. The minimum absolute atomic E-state index is 0.0326. The summed E-state index contributed by atoms with van der Waals surface area (Å²) in [7, 11) is 0. The third kappa shape index (κ3) is 4.08. The highest BCUT2D eigenvalue weighted by Crippen LogP contribution is 2.34. The van der Waals surface area contributed by atoms with E-state index >= 15 is 0 Å². The molecule has 2 aliphatic rings. The van der Waals surface area contributed by atoms with Crippen LogP contribution in [0.15, 0.2) is 40.4 Å². The number of hydrogen-bond donors (Lipinski definition) is 0. The molecule has 4 heterocycles. The van der Waals surface area contributed by atoms with Gasteiger partial charge in [-0.05, 0) is 44.0 Å². The number of carbonyl (C=O) groups excluding carboxylic acids is 2. The summed E-state index contributed by atoms with van der Waals surface area (Å²) in [5.41, 5.74) is 0.773. The van der Waals surface area contributed by atoms with Crippen molar-refractivity contribution in [3.63, 3.8) is 0 Å². The van der Waals surface area contributed by atoms with Crippen LogP contribution in [0.2, 0.25) is 0 Å². The van der Waals surface area contributed by atoms with Crippen LogP contribution in [0.1, 0.15) is 32.2 Å². The molecule has 1 unspecified atom stereocenters. The Morgan fingerprint density at radius 1 is 1.21 bits per heavy atom. The second kappa shape index (κ2) is 9.21. The van der Waals surface area contributed by atoms with Crippen LogP contribution >= 0.6 is 11.8 Å². The number of nitrogens with zero attached hydrogens (tertiary/aromatic N) is 5. The molecule has 0 saturated carbocycles. The molecule has 0 bridgehead atoms. The number of thioether (sulfide) groups is 1. The van der Waals surface area contributed by atoms with Gasteiger partial charge >= 0.3 is 5.97 Å². The molecule has 0 N–H and O–H groups in total. The number of amides is 1. The molecule has 34 heavy (non-hydrogen) atoms. The molecular weight excluding hydrogens is 461 g/mol. The van der Waals surface area contributed by atoms with Crippen molar-refractivity contribution < 1.29 is 18.7 Å². The van der Waals surface area contributed by atoms with Crippen molar-refractivity contribution >= 4 is 34.7 Å². The van der Waals surface area contributed by atoms with Gasteiger partial charge in [-0.15, -0.1) is 0 Å². The summed E-state index contributed by atoms with van der Waals surface area (Å²) in [5, 5.41) is 5.18. The van der Waals surface area contributed by atoms with Gasteiger partial charge in [0.05, 0.1) is 30.5 Å². The second-order valence-corrected chi connectivity index (χ2v) is 9.40. The van der Waals surface area contributed by atoms with Crippen molar-refractivity contribution in [2.75, 3.05) is 25.4 Å². The molecule has 0 aliphatic carbocycles. The predicted molar refractivity (Wildman–Crippen MR) is 123 cm³/mol. The Morgan fingerprint density at radius 3 is 2.65 bits per heavy atom. The van der Waals surface area contributed by atoms with Gasteiger partial charge in [0.15, 0.2) is 10.8 Å². The summed E-state index contributed by atoms with van der Waals surface area (Å²) in [5.74, 6) is -0.177. The number of rotatable bonds is 5. The van der Waals surface area contributed by atoms with Crippen molar-refractivity contribution in [3.05, 3.63) is 46.6 Å². The fourth-order valence-electron chi connectivity index (χ4n) is 4.51. The lowest BCUT2D eigenvalue weighted by Gasteiger charge is -2.31. The van der Waals surface area contributed by atoms with E-state index < -0.39 is 0 Å². The molecule has 1 aromatic carbocycles. The smallest absolute Gasteiger partial charge is 0.309 e. The highest BCUT2D eigenvalue weighted by atomic mass is 32.2. The molecule has 1 saturated heterocycles. The number of ether oxygens (including phenoxy) is 1. The highest BCUT2D eigenvalue weighted by Gasteiger charge is 2.33. The maximum Gasteiger partial charge on any atom is 0.309 e. The highest BCUT2D eigenvalue weighted by molar-refractivity contribution is 7.99. The topological polar surface area (TPSA) is 99.3 Å². The van der Waals surface area contributed by atoms with Crippen molar-refractivity contribution in [2.24, 2.45) is 5.92 Å². The number of likely N-dealkylation sites (tertiary alicyclic amines) is 1. The number of esters is 1. The Labute approximate surface area is 198 Å². The van der Waals surface area contributed by atoms with E-state index in [0.29, 0.717) is 60.2 Å². The number of halogens is 1. The lowest BCUT2D eigenvalue weighted by Crippen LogP contribution is -2.41. The fourth-order valence-corrected chi connectivity index (χ4v) is 5.64. The molecule has 0 spiro atoms. The van der Waals surface area contributed by atoms with Crippen LogP contribution in [0.3, 0.4) is 0 Å². The van der Waals surface area contributed by atoms with Crippen LogP contribution in [-0.2, 0) is 14.3 Å². The second-order valence-electron chi connectivity index (χ2n) is 8.42. The zero-order valence-electron chi connectivity index (χ0n) is 18.6. The minimum Gasteiger partial charge on any atom is -0.466 e. The van der Waals surface area contributed by atoms with E-state index in [-0.39, 0.29) is 41.6 Å². The van der Waals surface area contributed by atoms with E-state index in [9.17, 15) is 18.8 Å². The minimum atomic E-state index is -0.359. The van der Waals surface area contributed by atoms with E-state index in [1.165, 1.54) is 34.8 Å². The molecule has 1 atom stereocenters. The van der Waals surface area contributed by atoms with E-state index in [1.807, 2.05) is 0 Å². The monoisotopic (exact) mass is 485 g/mol. The van der Waals surface area contributed by atoms with E-state index in [0.717, 1.165) is 0 Å². The first kappa shape index (κ1) is 22.6. The zero-order valence-corrected chi connectivity index (χ0v) is 19.5. The lowest BCUT2D eigenvalue weighted by molar-refractivity contribution is -0.151. The maximum atomic E-state index is 13.3. The van der Waals surface area contributed by atoms with Crippen molar-refractivity contribution in [1.29, 1.82) is 0 Å². The summed E-state index contributed by atoms with van der Waals surface area (Å²) < 4.78 is 21.5. The van der Waals surface area contributed by atoms with Crippen molar-refractivity contribution in [1.82, 2.24) is 24.2 Å². The number of carbonyl (C=O) groups is 2. The van der Waals surface area contributed by atoms with Crippen LogP contribution in [0.4, 0.5) is 4.39 Å². The SMILES string of the molecule is CCOC(=O)C1CCN(C(=O)CC2CSc3nc4c(cnn4-c4ccc(F)cc4)c(=O)n32)CC1. The van der Waals surface area contributed by atoms with Crippen LogP contribution in [0, 0.1) is 11.7 Å².